The summed E-state index contributed by atoms with van der Waals surface area (Å²) in [6.45, 7) is 3.48. The van der Waals surface area contributed by atoms with Gasteiger partial charge in [-0.05, 0) is 19.8 Å². The minimum atomic E-state index is -0.929. The highest BCUT2D eigenvalue weighted by Gasteiger charge is 2.30. The zero-order chi connectivity index (χ0) is 18.5. The molecule has 1 aromatic carbocycles. The monoisotopic (exact) mass is 374 g/mol. The van der Waals surface area contributed by atoms with E-state index in [0.717, 1.165) is 29.9 Å². The third-order valence-electron chi connectivity index (χ3n) is 4.51. The summed E-state index contributed by atoms with van der Waals surface area (Å²) in [5.74, 6) is -0.658. The van der Waals surface area contributed by atoms with Crippen LogP contribution in [0.3, 0.4) is 0 Å². The lowest BCUT2D eigenvalue weighted by atomic mass is 10.1. The van der Waals surface area contributed by atoms with Gasteiger partial charge in [-0.2, -0.15) is 0 Å². The molecular formula is C19H22N2O4S. The van der Waals surface area contributed by atoms with Crippen LogP contribution < -0.4 is 4.87 Å². The highest BCUT2D eigenvalue weighted by Crippen LogP contribution is 2.23. The summed E-state index contributed by atoms with van der Waals surface area (Å²) in [4.78, 5) is 38.6. The molecule has 1 amide bonds. The smallest absolute Gasteiger partial charge is 0.308 e. The summed E-state index contributed by atoms with van der Waals surface area (Å²) in [5, 5.41) is 1.76. The van der Waals surface area contributed by atoms with Crippen molar-refractivity contribution >= 4 is 23.2 Å². The number of esters is 1. The maximum atomic E-state index is 12.8. The summed E-state index contributed by atoms with van der Waals surface area (Å²) >= 11 is 1.11. The van der Waals surface area contributed by atoms with Crippen LogP contribution in [0.2, 0.25) is 0 Å². The number of likely N-dealkylation sites (tertiary alicyclic amines) is 1. The van der Waals surface area contributed by atoms with Crippen LogP contribution in [-0.4, -0.2) is 34.4 Å². The molecule has 6 nitrogen and oxygen atoms in total. The zero-order valence-electron chi connectivity index (χ0n) is 14.7. The van der Waals surface area contributed by atoms with Crippen LogP contribution in [0.4, 0.5) is 0 Å². The molecule has 1 aliphatic heterocycles. The van der Waals surface area contributed by atoms with Gasteiger partial charge in [0.05, 0.1) is 6.42 Å². The van der Waals surface area contributed by atoms with Gasteiger partial charge in [0.1, 0.15) is 0 Å². The normalized spacial score (nSPS) is 15.0. The summed E-state index contributed by atoms with van der Waals surface area (Å²) in [6.07, 6.45) is 1.07. The second kappa shape index (κ2) is 8.31. The molecule has 2 heterocycles. The predicted molar refractivity (Wildman–Crippen MR) is 99.0 cm³/mol. The van der Waals surface area contributed by atoms with Crippen molar-refractivity contribution in [3.05, 3.63) is 56.6 Å². The van der Waals surface area contributed by atoms with Crippen molar-refractivity contribution < 1.29 is 14.3 Å². The number of carbonyl (C=O) groups is 2. The molecule has 3 rings (SSSR count). The number of hydrogen-bond acceptors (Lipinski definition) is 5. The van der Waals surface area contributed by atoms with Crippen molar-refractivity contribution in [1.82, 2.24) is 9.47 Å². The molecule has 2 aromatic rings. The van der Waals surface area contributed by atoms with E-state index in [1.165, 1.54) is 0 Å². The van der Waals surface area contributed by atoms with Crippen molar-refractivity contribution in [1.29, 1.82) is 0 Å². The minimum Gasteiger partial charge on any atom is -0.447 e. The molecule has 26 heavy (non-hydrogen) atoms. The summed E-state index contributed by atoms with van der Waals surface area (Å²) < 4.78 is 7.09. The van der Waals surface area contributed by atoms with Crippen LogP contribution in [0.5, 0.6) is 0 Å². The fourth-order valence-electron chi connectivity index (χ4n) is 3.06. The standard InChI is InChI=1S/C19H22N2O4S/c1-14-13-26-19(24)21(14)12-9-16(22)25-17(15-7-3-2-4-8-15)18(23)20-10-5-6-11-20/h2-4,7-8,13,17H,5-6,9-12H2,1H3/t17-/m1/s1. The maximum absolute atomic E-state index is 12.8. The lowest BCUT2D eigenvalue weighted by Gasteiger charge is -2.23. The van der Waals surface area contributed by atoms with Gasteiger partial charge < -0.3 is 14.2 Å². The van der Waals surface area contributed by atoms with Crippen LogP contribution >= 0.6 is 11.3 Å². The second-order valence-electron chi connectivity index (χ2n) is 6.36. The molecule has 0 aliphatic carbocycles. The first-order valence-corrected chi connectivity index (χ1v) is 9.62. The van der Waals surface area contributed by atoms with Crippen LogP contribution in [0.25, 0.3) is 0 Å². The van der Waals surface area contributed by atoms with Gasteiger partial charge in [0.15, 0.2) is 0 Å². The molecule has 0 radical (unpaired) electrons. The number of carbonyl (C=O) groups excluding carboxylic acids is 2. The number of thiazole rings is 1. The lowest BCUT2D eigenvalue weighted by molar-refractivity contribution is -0.160. The molecule has 0 N–H and O–H groups in total. The first-order chi connectivity index (χ1) is 12.6. The Morgan fingerprint density at radius 1 is 1.19 bits per heavy atom. The molecule has 1 atom stereocenters. The van der Waals surface area contributed by atoms with Gasteiger partial charge in [0.25, 0.3) is 5.91 Å². The second-order valence-corrected chi connectivity index (χ2v) is 7.18. The largest absolute Gasteiger partial charge is 0.447 e. The number of benzene rings is 1. The molecule has 0 unspecified atom stereocenters. The van der Waals surface area contributed by atoms with E-state index in [2.05, 4.69) is 0 Å². The predicted octanol–water partition coefficient (Wildman–Crippen LogP) is 2.52. The highest BCUT2D eigenvalue weighted by atomic mass is 32.1. The van der Waals surface area contributed by atoms with Crippen molar-refractivity contribution in [2.24, 2.45) is 0 Å². The highest BCUT2D eigenvalue weighted by molar-refractivity contribution is 7.07. The van der Waals surface area contributed by atoms with E-state index >= 15 is 0 Å². The Morgan fingerprint density at radius 3 is 2.50 bits per heavy atom. The molecule has 1 fully saturated rings. The van der Waals surface area contributed by atoms with E-state index in [0.29, 0.717) is 18.7 Å². The van der Waals surface area contributed by atoms with E-state index < -0.39 is 12.1 Å². The van der Waals surface area contributed by atoms with Gasteiger partial charge >= 0.3 is 10.8 Å². The Labute approximate surface area is 156 Å². The molecule has 1 aliphatic rings. The first kappa shape index (κ1) is 18.4. The van der Waals surface area contributed by atoms with Crippen molar-refractivity contribution in [2.45, 2.75) is 38.8 Å². The van der Waals surface area contributed by atoms with Gasteiger partial charge in [-0.15, -0.1) is 0 Å². The van der Waals surface area contributed by atoms with E-state index in [-0.39, 0.29) is 23.7 Å². The van der Waals surface area contributed by atoms with Gasteiger partial charge in [-0.25, -0.2) is 0 Å². The molecule has 1 aromatic heterocycles. The Hall–Kier alpha value is -2.41. The lowest BCUT2D eigenvalue weighted by Crippen LogP contribution is -2.35. The van der Waals surface area contributed by atoms with E-state index in [1.807, 2.05) is 25.1 Å². The Bertz CT molecular complexity index is 822. The number of ether oxygens (including phenoxy) is 1. The third kappa shape index (κ3) is 4.22. The maximum Gasteiger partial charge on any atom is 0.308 e. The van der Waals surface area contributed by atoms with Crippen molar-refractivity contribution in [3.63, 3.8) is 0 Å². The van der Waals surface area contributed by atoms with Crippen LogP contribution in [0, 0.1) is 6.92 Å². The number of nitrogens with zero attached hydrogens (tertiary/aromatic N) is 2. The SMILES string of the molecule is Cc1csc(=O)n1CCC(=O)O[C@@H](C(=O)N1CCCC1)c1ccccc1. The van der Waals surface area contributed by atoms with Crippen molar-refractivity contribution in [3.8, 4) is 0 Å². The molecule has 0 bridgehead atoms. The summed E-state index contributed by atoms with van der Waals surface area (Å²) in [6, 6.07) is 9.08. The van der Waals surface area contributed by atoms with E-state index in [1.54, 1.807) is 27.0 Å². The Kier molecular flexibility index (Phi) is 5.88. The van der Waals surface area contributed by atoms with Gasteiger partial charge in [0, 0.05) is 36.3 Å². The van der Waals surface area contributed by atoms with Gasteiger partial charge in [-0.1, -0.05) is 41.7 Å². The first-order valence-electron chi connectivity index (χ1n) is 8.74. The van der Waals surface area contributed by atoms with Crippen LogP contribution in [0.1, 0.15) is 36.6 Å². The summed E-state index contributed by atoms with van der Waals surface area (Å²) in [7, 11) is 0. The molecule has 0 spiro atoms. The number of hydrogen-bond donors (Lipinski definition) is 0. The van der Waals surface area contributed by atoms with E-state index in [9.17, 15) is 14.4 Å². The number of aryl methyl sites for hydroxylation is 1. The molecule has 1 saturated heterocycles. The molecule has 7 heteroatoms. The van der Waals surface area contributed by atoms with Crippen molar-refractivity contribution in [2.75, 3.05) is 13.1 Å². The van der Waals surface area contributed by atoms with Gasteiger partial charge in [0.2, 0.25) is 6.10 Å². The minimum absolute atomic E-state index is 0.0497. The topological polar surface area (TPSA) is 68.6 Å². The van der Waals surface area contributed by atoms with E-state index in [4.69, 9.17) is 4.74 Å². The number of amides is 1. The number of aromatic nitrogens is 1. The quantitative estimate of drug-likeness (QED) is 0.729. The molecule has 0 saturated carbocycles. The summed E-state index contributed by atoms with van der Waals surface area (Å²) in [5.41, 5.74) is 1.49. The third-order valence-corrected chi connectivity index (χ3v) is 5.39. The number of rotatable bonds is 6. The Morgan fingerprint density at radius 2 is 1.88 bits per heavy atom. The molecular weight excluding hydrogens is 352 g/mol. The average Bonchev–Trinajstić information content (AvgIpc) is 3.29. The fourth-order valence-corrected chi connectivity index (χ4v) is 3.82. The fraction of sp³-hybridized carbons (Fsp3) is 0.421. The van der Waals surface area contributed by atoms with Gasteiger partial charge in [-0.3, -0.25) is 14.4 Å². The van der Waals surface area contributed by atoms with Crippen LogP contribution in [-0.2, 0) is 20.9 Å². The zero-order valence-corrected chi connectivity index (χ0v) is 15.5. The van der Waals surface area contributed by atoms with Crippen LogP contribution in [0.15, 0.2) is 40.5 Å². The average molecular weight is 374 g/mol. The Balaban J connectivity index is 1.69. The molecule has 138 valence electrons.